The first-order valence-electron chi connectivity index (χ1n) is 9.13. The number of guanidine groups is 1. The van der Waals surface area contributed by atoms with Crippen molar-refractivity contribution in [1.82, 2.24) is 10.6 Å². The molecule has 0 saturated carbocycles. The molecule has 7 heteroatoms. The molecule has 152 valence electrons. The van der Waals surface area contributed by atoms with E-state index in [1.807, 2.05) is 12.1 Å². The number of aliphatic imine (C=N–C) groups is 1. The van der Waals surface area contributed by atoms with E-state index in [0.717, 1.165) is 24.5 Å². The SMILES string of the molecule is CN=C(NCCC1=CCCCC1)NCc1cc(OC)c(OC)c(OC)c1.I. The predicted molar refractivity (Wildman–Crippen MR) is 121 cm³/mol. The molecule has 1 aromatic rings. The lowest BCUT2D eigenvalue weighted by Gasteiger charge is -2.17. The molecule has 2 rings (SSSR count). The van der Waals surface area contributed by atoms with Gasteiger partial charge in [0.2, 0.25) is 5.75 Å². The van der Waals surface area contributed by atoms with E-state index in [1.165, 1.54) is 25.7 Å². The normalized spacial score (nSPS) is 13.9. The Labute approximate surface area is 179 Å². The lowest BCUT2D eigenvalue weighted by atomic mass is 9.97. The van der Waals surface area contributed by atoms with Crippen LogP contribution in [-0.2, 0) is 6.54 Å². The van der Waals surface area contributed by atoms with Crippen LogP contribution in [-0.4, -0.2) is 40.9 Å². The molecule has 27 heavy (non-hydrogen) atoms. The zero-order valence-corrected chi connectivity index (χ0v) is 19.1. The molecular formula is C20H32IN3O3. The third-order valence-electron chi connectivity index (χ3n) is 4.53. The van der Waals surface area contributed by atoms with Crippen LogP contribution in [0.1, 0.15) is 37.7 Å². The Morgan fingerprint density at radius 3 is 2.26 bits per heavy atom. The summed E-state index contributed by atoms with van der Waals surface area (Å²) in [4.78, 5) is 4.29. The number of halogens is 1. The Balaban J connectivity index is 0.00000364. The topological polar surface area (TPSA) is 64.1 Å². The summed E-state index contributed by atoms with van der Waals surface area (Å²) >= 11 is 0. The minimum Gasteiger partial charge on any atom is -0.493 e. The molecule has 1 aliphatic rings. The molecule has 0 heterocycles. The van der Waals surface area contributed by atoms with Crippen molar-refractivity contribution < 1.29 is 14.2 Å². The molecule has 0 bridgehead atoms. The van der Waals surface area contributed by atoms with Gasteiger partial charge in [0.1, 0.15) is 0 Å². The molecule has 0 aliphatic heterocycles. The number of hydrogen-bond donors (Lipinski definition) is 2. The fraction of sp³-hybridized carbons (Fsp3) is 0.550. The standard InChI is InChI=1S/C20H31N3O3.HI/c1-21-20(22-11-10-15-8-6-5-7-9-15)23-14-16-12-17(24-2)19(26-4)18(13-16)25-3;/h8,12-13H,5-7,9-11,14H2,1-4H3,(H2,21,22,23);1H. The maximum atomic E-state index is 5.40. The number of rotatable bonds is 8. The first-order chi connectivity index (χ1) is 12.7. The largest absolute Gasteiger partial charge is 0.493 e. The Kier molecular flexibility index (Phi) is 11.0. The van der Waals surface area contributed by atoms with E-state index >= 15 is 0 Å². The van der Waals surface area contributed by atoms with E-state index in [0.29, 0.717) is 23.8 Å². The summed E-state index contributed by atoms with van der Waals surface area (Å²) < 4.78 is 16.2. The second-order valence-corrected chi connectivity index (χ2v) is 6.24. The molecule has 2 N–H and O–H groups in total. The number of hydrogen-bond acceptors (Lipinski definition) is 4. The van der Waals surface area contributed by atoms with Gasteiger partial charge in [0.15, 0.2) is 17.5 Å². The second-order valence-electron chi connectivity index (χ2n) is 6.24. The Bertz CT molecular complexity index is 622. The fourth-order valence-corrected chi connectivity index (χ4v) is 3.12. The van der Waals surface area contributed by atoms with Crippen LogP contribution in [0, 0.1) is 0 Å². The smallest absolute Gasteiger partial charge is 0.203 e. The number of allylic oxidation sites excluding steroid dienone is 1. The molecule has 1 aliphatic carbocycles. The third kappa shape index (κ3) is 7.12. The molecule has 0 atom stereocenters. The van der Waals surface area contributed by atoms with Crippen molar-refractivity contribution in [2.45, 2.75) is 38.6 Å². The van der Waals surface area contributed by atoms with Gasteiger partial charge in [-0.25, -0.2) is 0 Å². The van der Waals surface area contributed by atoms with Crippen molar-refractivity contribution in [3.8, 4) is 17.2 Å². The molecule has 6 nitrogen and oxygen atoms in total. The molecule has 0 radical (unpaired) electrons. The van der Waals surface area contributed by atoms with Crippen LogP contribution < -0.4 is 24.8 Å². The van der Waals surface area contributed by atoms with Crippen LogP contribution in [0.4, 0.5) is 0 Å². The van der Waals surface area contributed by atoms with Gasteiger partial charge in [0.05, 0.1) is 21.3 Å². The van der Waals surface area contributed by atoms with E-state index in [1.54, 1.807) is 34.0 Å². The summed E-state index contributed by atoms with van der Waals surface area (Å²) in [5.74, 6) is 2.68. The highest BCUT2D eigenvalue weighted by Gasteiger charge is 2.13. The van der Waals surface area contributed by atoms with Crippen LogP contribution in [0.15, 0.2) is 28.8 Å². The molecule has 0 saturated heterocycles. The highest BCUT2D eigenvalue weighted by Crippen LogP contribution is 2.38. The van der Waals surface area contributed by atoms with Gasteiger partial charge in [-0.2, -0.15) is 0 Å². The van der Waals surface area contributed by atoms with Gasteiger partial charge in [0.25, 0.3) is 0 Å². The first kappa shape index (κ1) is 23.4. The monoisotopic (exact) mass is 489 g/mol. The predicted octanol–water partition coefficient (Wildman–Crippen LogP) is 3.89. The van der Waals surface area contributed by atoms with Crippen LogP contribution in [0.5, 0.6) is 17.2 Å². The highest BCUT2D eigenvalue weighted by atomic mass is 127. The van der Waals surface area contributed by atoms with E-state index < -0.39 is 0 Å². The van der Waals surface area contributed by atoms with E-state index in [4.69, 9.17) is 14.2 Å². The minimum atomic E-state index is 0. The van der Waals surface area contributed by atoms with Crippen molar-refractivity contribution in [3.63, 3.8) is 0 Å². The average molecular weight is 489 g/mol. The molecule has 0 fully saturated rings. The maximum absolute atomic E-state index is 5.40. The van der Waals surface area contributed by atoms with Crippen molar-refractivity contribution in [1.29, 1.82) is 0 Å². The zero-order valence-electron chi connectivity index (χ0n) is 16.8. The van der Waals surface area contributed by atoms with Gasteiger partial charge in [-0.1, -0.05) is 11.6 Å². The molecule has 0 spiro atoms. The van der Waals surface area contributed by atoms with Gasteiger partial charge < -0.3 is 24.8 Å². The minimum absolute atomic E-state index is 0. The number of nitrogens with one attached hydrogen (secondary N) is 2. The summed E-state index contributed by atoms with van der Waals surface area (Å²) in [5, 5.41) is 6.71. The summed E-state index contributed by atoms with van der Waals surface area (Å²) in [6, 6.07) is 3.88. The summed E-state index contributed by atoms with van der Waals surface area (Å²) in [5.41, 5.74) is 2.58. The van der Waals surface area contributed by atoms with E-state index in [2.05, 4.69) is 21.7 Å². The molecule has 1 aromatic carbocycles. The number of benzene rings is 1. The Hall–Kier alpha value is -1.64. The van der Waals surface area contributed by atoms with Crippen LogP contribution >= 0.6 is 24.0 Å². The molecular weight excluding hydrogens is 457 g/mol. The summed E-state index contributed by atoms with van der Waals surface area (Å²) in [6.07, 6.45) is 8.57. The maximum Gasteiger partial charge on any atom is 0.203 e. The highest BCUT2D eigenvalue weighted by molar-refractivity contribution is 14.0. The average Bonchev–Trinajstić information content (AvgIpc) is 2.70. The first-order valence-corrected chi connectivity index (χ1v) is 9.13. The van der Waals surface area contributed by atoms with Crippen molar-refractivity contribution >= 4 is 29.9 Å². The van der Waals surface area contributed by atoms with Gasteiger partial charge in [0, 0.05) is 20.1 Å². The van der Waals surface area contributed by atoms with Gasteiger partial charge >= 0.3 is 0 Å². The van der Waals surface area contributed by atoms with Crippen molar-refractivity contribution in [3.05, 3.63) is 29.3 Å². The number of ether oxygens (including phenoxy) is 3. The zero-order chi connectivity index (χ0) is 18.8. The number of methoxy groups -OCH3 is 3. The fourth-order valence-electron chi connectivity index (χ4n) is 3.12. The van der Waals surface area contributed by atoms with Crippen LogP contribution in [0.25, 0.3) is 0 Å². The van der Waals surface area contributed by atoms with Gasteiger partial charge in [-0.15, -0.1) is 24.0 Å². The molecule has 0 amide bonds. The summed E-state index contributed by atoms with van der Waals surface area (Å²) in [6.45, 7) is 1.50. The van der Waals surface area contributed by atoms with Gasteiger partial charge in [-0.3, -0.25) is 4.99 Å². The van der Waals surface area contributed by atoms with Crippen LogP contribution in [0.3, 0.4) is 0 Å². The van der Waals surface area contributed by atoms with E-state index in [9.17, 15) is 0 Å². The Morgan fingerprint density at radius 2 is 1.74 bits per heavy atom. The van der Waals surface area contributed by atoms with Crippen molar-refractivity contribution in [2.24, 2.45) is 4.99 Å². The van der Waals surface area contributed by atoms with Crippen molar-refractivity contribution in [2.75, 3.05) is 34.9 Å². The third-order valence-corrected chi connectivity index (χ3v) is 4.53. The lowest BCUT2D eigenvalue weighted by molar-refractivity contribution is 0.323. The molecule has 0 aromatic heterocycles. The van der Waals surface area contributed by atoms with E-state index in [-0.39, 0.29) is 24.0 Å². The Morgan fingerprint density at radius 1 is 1.04 bits per heavy atom. The second kappa shape index (κ2) is 12.7. The summed E-state index contributed by atoms with van der Waals surface area (Å²) in [7, 11) is 6.63. The molecule has 0 unspecified atom stereocenters. The van der Waals surface area contributed by atoms with Gasteiger partial charge in [-0.05, 0) is 49.8 Å². The quantitative estimate of drug-likeness (QED) is 0.251. The van der Waals surface area contributed by atoms with Crippen LogP contribution in [0.2, 0.25) is 0 Å². The number of nitrogens with zero attached hydrogens (tertiary/aromatic N) is 1. The lowest BCUT2D eigenvalue weighted by Crippen LogP contribution is -2.37.